The second-order valence-electron chi connectivity index (χ2n) is 4.82. The van der Waals surface area contributed by atoms with Gasteiger partial charge >= 0.3 is 0 Å². The lowest BCUT2D eigenvalue weighted by atomic mass is 9.96. The van der Waals surface area contributed by atoms with E-state index in [-0.39, 0.29) is 12.0 Å². The van der Waals surface area contributed by atoms with Crippen LogP contribution in [0.5, 0.6) is 0 Å². The van der Waals surface area contributed by atoms with Crippen LogP contribution in [0.15, 0.2) is 36.4 Å². The maximum atomic E-state index is 13.6. The molecule has 1 nitrogen and oxygen atoms in total. The quantitative estimate of drug-likeness (QED) is 0.890. The second-order valence-corrected chi connectivity index (χ2v) is 4.82. The average molecular weight is 262 g/mol. The van der Waals surface area contributed by atoms with E-state index >= 15 is 0 Å². The maximum absolute atomic E-state index is 13.6. The number of aliphatic hydroxyl groups excluding tert-OH is 1. The first-order chi connectivity index (χ1) is 8.97. The van der Waals surface area contributed by atoms with Crippen molar-refractivity contribution in [3.05, 3.63) is 70.3 Å². The van der Waals surface area contributed by atoms with Crippen LogP contribution in [-0.2, 0) is 6.42 Å². The minimum absolute atomic E-state index is 0.000839. The Kier molecular flexibility index (Phi) is 3.96. The van der Waals surface area contributed by atoms with E-state index in [9.17, 15) is 13.9 Å². The topological polar surface area (TPSA) is 20.2 Å². The molecule has 0 radical (unpaired) electrons. The zero-order valence-corrected chi connectivity index (χ0v) is 11.0. The molecule has 0 heterocycles. The van der Waals surface area contributed by atoms with Crippen molar-refractivity contribution in [2.24, 2.45) is 0 Å². The molecule has 0 aliphatic heterocycles. The van der Waals surface area contributed by atoms with Gasteiger partial charge in [0.1, 0.15) is 11.6 Å². The number of rotatable bonds is 3. The van der Waals surface area contributed by atoms with Crippen molar-refractivity contribution in [1.82, 2.24) is 0 Å². The summed E-state index contributed by atoms with van der Waals surface area (Å²) in [6.07, 6.45) is -0.773. The van der Waals surface area contributed by atoms with Gasteiger partial charge in [-0.1, -0.05) is 23.8 Å². The van der Waals surface area contributed by atoms with Crippen molar-refractivity contribution in [3.8, 4) is 0 Å². The fourth-order valence-electron chi connectivity index (χ4n) is 2.11. The van der Waals surface area contributed by atoms with E-state index in [1.807, 2.05) is 32.0 Å². The zero-order valence-electron chi connectivity index (χ0n) is 11.0. The van der Waals surface area contributed by atoms with E-state index in [4.69, 9.17) is 0 Å². The number of hydrogen-bond acceptors (Lipinski definition) is 1. The fraction of sp³-hybridized carbons (Fsp3) is 0.250. The first kappa shape index (κ1) is 13.7. The van der Waals surface area contributed by atoms with Crippen LogP contribution in [0, 0.1) is 25.5 Å². The lowest BCUT2D eigenvalue weighted by molar-refractivity contribution is 0.173. The molecule has 2 rings (SSSR count). The van der Waals surface area contributed by atoms with E-state index < -0.39 is 17.7 Å². The Labute approximate surface area is 111 Å². The molecule has 100 valence electrons. The third kappa shape index (κ3) is 3.18. The molecule has 1 atom stereocenters. The molecule has 1 unspecified atom stereocenters. The average Bonchev–Trinajstić information content (AvgIpc) is 2.36. The summed E-state index contributed by atoms with van der Waals surface area (Å²) in [4.78, 5) is 0. The second kappa shape index (κ2) is 5.49. The van der Waals surface area contributed by atoms with Gasteiger partial charge in [0.25, 0.3) is 0 Å². The van der Waals surface area contributed by atoms with Gasteiger partial charge in [-0.2, -0.15) is 0 Å². The molecule has 0 fully saturated rings. The minimum Gasteiger partial charge on any atom is -0.388 e. The van der Waals surface area contributed by atoms with Gasteiger partial charge in [-0.05, 0) is 43.2 Å². The van der Waals surface area contributed by atoms with Gasteiger partial charge in [-0.15, -0.1) is 0 Å². The first-order valence-electron chi connectivity index (χ1n) is 6.16. The number of aliphatic hydroxyl groups is 1. The van der Waals surface area contributed by atoms with E-state index in [1.54, 1.807) is 0 Å². The Morgan fingerprint density at radius 2 is 1.79 bits per heavy atom. The SMILES string of the molecule is Cc1ccc(C)c(CC(O)c2cc(F)ccc2F)c1. The number of hydrogen-bond donors (Lipinski definition) is 1. The van der Waals surface area contributed by atoms with Crippen LogP contribution in [0.3, 0.4) is 0 Å². The highest BCUT2D eigenvalue weighted by Crippen LogP contribution is 2.24. The molecular weight excluding hydrogens is 246 g/mol. The van der Waals surface area contributed by atoms with Crippen molar-refractivity contribution in [3.63, 3.8) is 0 Å². The Balaban J connectivity index is 2.27. The minimum atomic E-state index is -1.05. The maximum Gasteiger partial charge on any atom is 0.129 e. The smallest absolute Gasteiger partial charge is 0.129 e. The Morgan fingerprint density at radius 1 is 1.05 bits per heavy atom. The highest BCUT2D eigenvalue weighted by molar-refractivity contribution is 5.32. The molecule has 2 aromatic rings. The zero-order chi connectivity index (χ0) is 14.0. The predicted octanol–water partition coefficient (Wildman–Crippen LogP) is 3.86. The van der Waals surface area contributed by atoms with Crippen LogP contribution in [-0.4, -0.2) is 5.11 Å². The monoisotopic (exact) mass is 262 g/mol. The highest BCUT2D eigenvalue weighted by Gasteiger charge is 2.15. The largest absolute Gasteiger partial charge is 0.388 e. The number of halogens is 2. The van der Waals surface area contributed by atoms with Crippen molar-refractivity contribution >= 4 is 0 Å². The van der Waals surface area contributed by atoms with Gasteiger partial charge < -0.3 is 5.11 Å². The number of aryl methyl sites for hydroxylation is 2. The molecule has 0 bridgehead atoms. The Hall–Kier alpha value is -1.74. The third-order valence-electron chi connectivity index (χ3n) is 3.23. The highest BCUT2D eigenvalue weighted by atomic mass is 19.1. The van der Waals surface area contributed by atoms with Gasteiger partial charge in [0.05, 0.1) is 6.10 Å². The summed E-state index contributed by atoms with van der Waals surface area (Å²) in [7, 11) is 0. The van der Waals surface area contributed by atoms with Crippen LogP contribution in [0.25, 0.3) is 0 Å². The molecule has 0 amide bonds. The van der Waals surface area contributed by atoms with E-state index in [0.29, 0.717) is 0 Å². The van der Waals surface area contributed by atoms with E-state index in [2.05, 4.69) is 0 Å². The summed E-state index contributed by atoms with van der Waals surface area (Å²) in [6.45, 7) is 3.89. The fourth-order valence-corrected chi connectivity index (χ4v) is 2.11. The summed E-state index contributed by atoms with van der Waals surface area (Å²) in [5, 5.41) is 10.1. The lowest BCUT2D eigenvalue weighted by Gasteiger charge is -2.14. The first-order valence-corrected chi connectivity index (χ1v) is 6.16. The van der Waals surface area contributed by atoms with Gasteiger partial charge in [0.15, 0.2) is 0 Å². The Bertz CT molecular complexity index is 593. The van der Waals surface area contributed by atoms with Crippen LogP contribution >= 0.6 is 0 Å². The molecule has 0 saturated heterocycles. The van der Waals surface area contributed by atoms with Gasteiger partial charge in [0.2, 0.25) is 0 Å². The molecular formula is C16H16F2O. The Morgan fingerprint density at radius 3 is 2.53 bits per heavy atom. The standard InChI is InChI=1S/C16H16F2O/c1-10-3-4-11(2)12(7-10)8-16(19)14-9-13(17)5-6-15(14)18/h3-7,9,16,19H,8H2,1-2H3. The van der Waals surface area contributed by atoms with Crippen LogP contribution in [0.2, 0.25) is 0 Å². The lowest BCUT2D eigenvalue weighted by Crippen LogP contribution is -2.06. The van der Waals surface area contributed by atoms with E-state index in [0.717, 1.165) is 34.9 Å². The van der Waals surface area contributed by atoms with Crippen LogP contribution < -0.4 is 0 Å². The van der Waals surface area contributed by atoms with Gasteiger partial charge in [-0.25, -0.2) is 8.78 Å². The van der Waals surface area contributed by atoms with Crippen LogP contribution in [0.4, 0.5) is 8.78 Å². The predicted molar refractivity (Wildman–Crippen MR) is 70.9 cm³/mol. The molecule has 19 heavy (non-hydrogen) atoms. The molecule has 0 spiro atoms. The van der Waals surface area contributed by atoms with Gasteiger partial charge in [-0.3, -0.25) is 0 Å². The summed E-state index contributed by atoms with van der Waals surface area (Å²) in [5.74, 6) is -1.13. The molecule has 0 aromatic heterocycles. The summed E-state index contributed by atoms with van der Waals surface area (Å²) < 4.78 is 26.7. The van der Waals surface area contributed by atoms with Gasteiger partial charge in [0, 0.05) is 12.0 Å². The van der Waals surface area contributed by atoms with Crippen molar-refractivity contribution in [2.45, 2.75) is 26.4 Å². The van der Waals surface area contributed by atoms with Crippen molar-refractivity contribution < 1.29 is 13.9 Å². The van der Waals surface area contributed by atoms with Crippen LogP contribution in [0.1, 0.15) is 28.4 Å². The molecule has 0 aliphatic carbocycles. The third-order valence-corrected chi connectivity index (χ3v) is 3.23. The normalized spacial score (nSPS) is 12.5. The number of benzene rings is 2. The van der Waals surface area contributed by atoms with Crippen molar-refractivity contribution in [2.75, 3.05) is 0 Å². The summed E-state index contributed by atoms with van der Waals surface area (Å²) in [5.41, 5.74) is 3.05. The summed E-state index contributed by atoms with van der Waals surface area (Å²) >= 11 is 0. The molecule has 0 saturated carbocycles. The summed E-state index contributed by atoms with van der Waals surface area (Å²) in [6, 6.07) is 9.02. The molecule has 1 N–H and O–H groups in total. The van der Waals surface area contributed by atoms with Crippen molar-refractivity contribution in [1.29, 1.82) is 0 Å². The molecule has 0 aliphatic rings. The molecule has 3 heteroatoms. The van der Waals surface area contributed by atoms with E-state index in [1.165, 1.54) is 0 Å². The molecule has 2 aromatic carbocycles.